The van der Waals surface area contributed by atoms with Crippen LogP contribution in [0.15, 0.2) is 34.9 Å². The molecular formula is C24H26BrN5O2S. The van der Waals surface area contributed by atoms with E-state index >= 15 is 0 Å². The summed E-state index contributed by atoms with van der Waals surface area (Å²) in [5, 5.41) is 4.03. The summed E-state index contributed by atoms with van der Waals surface area (Å²) in [4.78, 5) is 35.9. The second kappa shape index (κ2) is 9.38. The number of amides is 2. The van der Waals surface area contributed by atoms with Crippen LogP contribution in [0.4, 0.5) is 11.4 Å². The molecule has 0 saturated carbocycles. The summed E-state index contributed by atoms with van der Waals surface area (Å²) < 4.78 is 5.38. The van der Waals surface area contributed by atoms with Crippen LogP contribution in [0.2, 0.25) is 0 Å². The molecule has 2 fully saturated rings. The molecule has 33 heavy (non-hydrogen) atoms. The largest absolute Gasteiger partial charge is 0.370 e. The van der Waals surface area contributed by atoms with Crippen molar-refractivity contribution < 1.29 is 9.59 Å². The van der Waals surface area contributed by atoms with Gasteiger partial charge in [0.15, 0.2) is 0 Å². The molecule has 2 amide bonds. The number of anilines is 2. The van der Waals surface area contributed by atoms with Gasteiger partial charge in [0.2, 0.25) is 5.91 Å². The number of fused-ring (bicyclic) bond motifs is 1. The maximum absolute atomic E-state index is 13.4. The van der Waals surface area contributed by atoms with Crippen molar-refractivity contribution in [3.05, 3.63) is 46.2 Å². The van der Waals surface area contributed by atoms with Crippen molar-refractivity contribution in [2.24, 2.45) is 5.92 Å². The van der Waals surface area contributed by atoms with Crippen LogP contribution >= 0.6 is 27.5 Å². The smallest absolute Gasteiger partial charge is 0.257 e. The SMILES string of the molecule is Cc1nsc2ncc(C(=O)N3CCCC3)c(N3CCC(C(=O)Nc4ccccc4Br)CC3)c12. The fourth-order valence-electron chi connectivity index (χ4n) is 4.78. The molecule has 1 aromatic carbocycles. The fourth-order valence-corrected chi connectivity index (χ4v) is 5.91. The molecule has 0 bridgehead atoms. The normalized spacial score (nSPS) is 17.0. The minimum atomic E-state index is -0.0647. The van der Waals surface area contributed by atoms with Crippen LogP contribution in [0.3, 0.4) is 0 Å². The van der Waals surface area contributed by atoms with E-state index in [1.807, 2.05) is 36.1 Å². The Morgan fingerprint density at radius 3 is 2.58 bits per heavy atom. The molecule has 2 aliphatic heterocycles. The summed E-state index contributed by atoms with van der Waals surface area (Å²) in [6.07, 6.45) is 5.28. The first-order valence-corrected chi connectivity index (χ1v) is 12.9. The summed E-state index contributed by atoms with van der Waals surface area (Å²) in [5.74, 6) is 0.0320. The standard InChI is InChI=1S/C24H26BrN5O2S/c1-15-20-21(17(14-26-23(20)33-28-15)24(32)30-10-4-5-11-30)29-12-8-16(9-13-29)22(31)27-19-7-3-2-6-18(19)25/h2-3,6-7,14,16H,4-5,8-13H2,1H3,(H,27,31). The van der Waals surface area contributed by atoms with Crippen LogP contribution in [0.5, 0.6) is 0 Å². The van der Waals surface area contributed by atoms with Crippen molar-refractivity contribution in [2.75, 3.05) is 36.4 Å². The van der Waals surface area contributed by atoms with Crippen LogP contribution in [0.1, 0.15) is 41.7 Å². The van der Waals surface area contributed by atoms with Crippen molar-refractivity contribution in [1.29, 1.82) is 0 Å². The van der Waals surface area contributed by atoms with Gasteiger partial charge in [0.05, 0.1) is 28.0 Å². The molecule has 5 rings (SSSR count). The minimum absolute atomic E-state index is 0.0446. The molecule has 2 aliphatic rings. The van der Waals surface area contributed by atoms with Gasteiger partial charge < -0.3 is 15.1 Å². The Bertz CT molecular complexity index is 1200. The zero-order valence-corrected chi connectivity index (χ0v) is 20.9. The van der Waals surface area contributed by atoms with Crippen molar-refractivity contribution in [1.82, 2.24) is 14.3 Å². The maximum atomic E-state index is 13.4. The molecule has 9 heteroatoms. The molecular weight excluding hydrogens is 502 g/mol. The Balaban J connectivity index is 1.38. The average Bonchev–Trinajstić information content (AvgIpc) is 3.50. The van der Waals surface area contributed by atoms with E-state index in [4.69, 9.17) is 0 Å². The first-order valence-electron chi connectivity index (χ1n) is 11.4. The number of nitrogens with one attached hydrogen (secondary N) is 1. The van der Waals surface area contributed by atoms with E-state index in [2.05, 4.69) is 35.5 Å². The lowest BCUT2D eigenvalue weighted by Crippen LogP contribution is -2.39. The van der Waals surface area contributed by atoms with Crippen LogP contribution in [-0.2, 0) is 4.79 Å². The minimum Gasteiger partial charge on any atom is -0.370 e. The number of carbonyl (C=O) groups excluding carboxylic acids is 2. The van der Waals surface area contributed by atoms with Gasteiger partial charge >= 0.3 is 0 Å². The van der Waals surface area contributed by atoms with Crippen LogP contribution in [-0.4, -0.2) is 52.3 Å². The van der Waals surface area contributed by atoms with Gasteiger partial charge in [-0.15, -0.1) is 0 Å². The molecule has 0 atom stereocenters. The topological polar surface area (TPSA) is 78.4 Å². The summed E-state index contributed by atoms with van der Waals surface area (Å²) in [6, 6.07) is 7.65. The first-order chi connectivity index (χ1) is 16.0. The zero-order chi connectivity index (χ0) is 22.9. The van der Waals surface area contributed by atoms with Crippen molar-refractivity contribution in [3.63, 3.8) is 0 Å². The van der Waals surface area contributed by atoms with Gasteiger partial charge in [-0.1, -0.05) is 12.1 Å². The van der Waals surface area contributed by atoms with Crippen LogP contribution < -0.4 is 10.2 Å². The number of para-hydroxylation sites is 1. The number of aryl methyl sites for hydroxylation is 1. The number of carbonyl (C=O) groups is 2. The van der Waals surface area contributed by atoms with E-state index < -0.39 is 0 Å². The molecule has 1 N–H and O–H groups in total. The number of hydrogen-bond donors (Lipinski definition) is 1. The number of hydrogen-bond acceptors (Lipinski definition) is 6. The van der Waals surface area contributed by atoms with Gasteiger partial charge in [-0.05, 0) is 72.2 Å². The highest BCUT2D eigenvalue weighted by Crippen LogP contribution is 2.37. The summed E-state index contributed by atoms with van der Waals surface area (Å²) >= 11 is 4.87. The monoisotopic (exact) mass is 527 g/mol. The number of pyridine rings is 1. The Morgan fingerprint density at radius 1 is 1.12 bits per heavy atom. The predicted octanol–water partition coefficient (Wildman–Crippen LogP) is 4.85. The number of rotatable bonds is 4. The van der Waals surface area contributed by atoms with E-state index in [-0.39, 0.29) is 17.7 Å². The van der Waals surface area contributed by atoms with Crippen molar-refractivity contribution in [3.8, 4) is 0 Å². The number of piperidine rings is 1. The van der Waals surface area contributed by atoms with Crippen LogP contribution in [0.25, 0.3) is 10.2 Å². The molecule has 2 aromatic heterocycles. The number of nitrogens with zero attached hydrogens (tertiary/aromatic N) is 4. The molecule has 0 spiro atoms. The lowest BCUT2D eigenvalue weighted by Gasteiger charge is -2.35. The summed E-state index contributed by atoms with van der Waals surface area (Å²) in [5.41, 5.74) is 3.29. The van der Waals surface area contributed by atoms with Crippen LogP contribution in [0, 0.1) is 12.8 Å². The zero-order valence-electron chi connectivity index (χ0n) is 18.5. The van der Waals surface area contributed by atoms with E-state index in [1.54, 1.807) is 6.20 Å². The Hall–Kier alpha value is -2.52. The molecule has 0 radical (unpaired) electrons. The van der Waals surface area contributed by atoms with E-state index in [9.17, 15) is 9.59 Å². The second-order valence-corrected chi connectivity index (χ2v) is 10.3. The number of aromatic nitrogens is 2. The summed E-state index contributed by atoms with van der Waals surface area (Å²) in [6.45, 7) is 5.00. The Morgan fingerprint density at radius 2 is 1.85 bits per heavy atom. The number of benzene rings is 1. The Labute approximate surface area is 205 Å². The maximum Gasteiger partial charge on any atom is 0.257 e. The average molecular weight is 528 g/mol. The van der Waals surface area contributed by atoms with Crippen molar-refractivity contribution >= 4 is 60.9 Å². The quantitative estimate of drug-likeness (QED) is 0.524. The second-order valence-electron chi connectivity index (χ2n) is 8.70. The molecule has 172 valence electrons. The van der Waals surface area contributed by atoms with E-state index in [1.165, 1.54) is 11.5 Å². The predicted molar refractivity (Wildman–Crippen MR) is 135 cm³/mol. The third kappa shape index (κ3) is 4.36. The van der Waals surface area contributed by atoms with Crippen molar-refractivity contribution in [2.45, 2.75) is 32.6 Å². The first kappa shape index (κ1) is 22.3. The third-order valence-corrected chi connectivity index (χ3v) is 8.12. The summed E-state index contributed by atoms with van der Waals surface area (Å²) in [7, 11) is 0. The van der Waals surface area contributed by atoms with E-state index in [0.29, 0.717) is 18.7 Å². The highest BCUT2D eigenvalue weighted by Gasteiger charge is 2.31. The number of halogens is 1. The molecule has 0 unspecified atom stereocenters. The molecule has 0 aliphatic carbocycles. The highest BCUT2D eigenvalue weighted by atomic mass is 79.9. The van der Waals surface area contributed by atoms with Gasteiger partial charge in [0, 0.05) is 42.8 Å². The molecule has 7 nitrogen and oxygen atoms in total. The molecule has 3 aromatic rings. The van der Waals surface area contributed by atoms with Gasteiger partial charge in [-0.3, -0.25) is 9.59 Å². The Kier molecular flexibility index (Phi) is 6.34. The van der Waals surface area contributed by atoms with Gasteiger partial charge in [-0.2, -0.15) is 4.37 Å². The molecule has 2 saturated heterocycles. The fraction of sp³-hybridized carbons (Fsp3) is 0.417. The number of likely N-dealkylation sites (tertiary alicyclic amines) is 1. The van der Waals surface area contributed by atoms with E-state index in [0.717, 1.165) is 70.5 Å². The lowest BCUT2D eigenvalue weighted by atomic mass is 9.94. The third-order valence-electron chi connectivity index (χ3n) is 6.58. The van der Waals surface area contributed by atoms with Gasteiger partial charge in [-0.25, -0.2) is 4.98 Å². The van der Waals surface area contributed by atoms with Gasteiger partial charge in [0.25, 0.3) is 5.91 Å². The van der Waals surface area contributed by atoms with Gasteiger partial charge in [0.1, 0.15) is 4.83 Å². The highest BCUT2D eigenvalue weighted by molar-refractivity contribution is 9.10. The lowest BCUT2D eigenvalue weighted by molar-refractivity contribution is -0.120. The molecule has 4 heterocycles.